The van der Waals surface area contributed by atoms with Gasteiger partial charge in [-0.05, 0) is 48.0 Å². The Bertz CT molecular complexity index is 982. The minimum absolute atomic E-state index is 0.0686. The number of anilines is 1. The number of carbonyl (C=O) groups is 1. The second-order valence-corrected chi connectivity index (χ2v) is 5.84. The molecule has 1 N–H and O–H groups in total. The molecule has 0 aliphatic rings. The highest BCUT2D eigenvalue weighted by Gasteiger charge is 2.17. The molecule has 3 rings (SSSR count). The van der Waals surface area contributed by atoms with Crippen molar-refractivity contribution < 1.29 is 14.5 Å². The summed E-state index contributed by atoms with van der Waals surface area (Å²) in [5.74, 6) is -0.501. The third-order valence-electron chi connectivity index (χ3n) is 3.66. The molecular weight excluding hydrogens is 350 g/mol. The molecule has 0 aliphatic carbocycles. The van der Waals surface area contributed by atoms with Gasteiger partial charge in [0.1, 0.15) is 12.0 Å². The van der Waals surface area contributed by atoms with Crippen LogP contribution in [-0.4, -0.2) is 32.2 Å². The number of rotatable bonds is 6. The first kappa shape index (κ1) is 18.1. The summed E-state index contributed by atoms with van der Waals surface area (Å²) >= 11 is 0. The summed E-state index contributed by atoms with van der Waals surface area (Å²) in [6.45, 7) is 3.40. The first-order chi connectivity index (χ1) is 12.9. The van der Waals surface area contributed by atoms with E-state index in [9.17, 15) is 14.9 Å². The van der Waals surface area contributed by atoms with E-state index in [1.165, 1.54) is 18.3 Å². The van der Waals surface area contributed by atoms with Crippen molar-refractivity contribution in [3.05, 3.63) is 70.0 Å². The zero-order chi connectivity index (χ0) is 19.4. The third kappa shape index (κ3) is 4.27. The van der Waals surface area contributed by atoms with Crippen molar-refractivity contribution in [3.63, 3.8) is 0 Å². The van der Waals surface area contributed by atoms with E-state index in [0.29, 0.717) is 5.82 Å². The molecule has 0 atom stereocenters. The number of amides is 1. The molecule has 1 aromatic carbocycles. The van der Waals surface area contributed by atoms with Crippen molar-refractivity contribution in [2.45, 2.75) is 13.8 Å². The monoisotopic (exact) mass is 367 g/mol. The van der Waals surface area contributed by atoms with Crippen LogP contribution in [-0.2, 0) is 4.79 Å². The predicted molar refractivity (Wildman–Crippen MR) is 98.1 cm³/mol. The fraction of sp³-hybridized carbons (Fsp3) is 0.167. The number of nitrogens with one attached hydrogen (secondary N) is 1. The van der Waals surface area contributed by atoms with Crippen LogP contribution < -0.4 is 10.1 Å². The van der Waals surface area contributed by atoms with Crippen molar-refractivity contribution in [3.8, 4) is 11.4 Å². The van der Waals surface area contributed by atoms with Gasteiger partial charge in [-0.2, -0.15) is 5.10 Å². The molecule has 0 saturated heterocycles. The quantitative estimate of drug-likeness (QED) is 0.529. The Morgan fingerprint density at radius 2 is 2.00 bits per heavy atom. The molecule has 0 spiro atoms. The van der Waals surface area contributed by atoms with Crippen LogP contribution in [0.4, 0.5) is 11.6 Å². The van der Waals surface area contributed by atoms with Gasteiger partial charge in [-0.3, -0.25) is 4.79 Å². The summed E-state index contributed by atoms with van der Waals surface area (Å²) in [4.78, 5) is 26.2. The van der Waals surface area contributed by atoms with E-state index in [1.54, 1.807) is 10.7 Å². The molecule has 0 saturated carbocycles. The molecule has 138 valence electrons. The van der Waals surface area contributed by atoms with Crippen molar-refractivity contribution in [2.75, 3.05) is 11.9 Å². The molecule has 0 aliphatic heterocycles. The molecular formula is C18H17N5O4. The second kappa shape index (κ2) is 7.65. The van der Waals surface area contributed by atoms with Gasteiger partial charge in [0.2, 0.25) is 5.75 Å². The number of aromatic nitrogens is 3. The van der Waals surface area contributed by atoms with Crippen molar-refractivity contribution in [1.82, 2.24) is 14.8 Å². The highest BCUT2D eigenvalue weighted by Crippen LogP contribution is 2.23. The smallest absolute Gasteiger partial charge is 0.406 e. The van der Waals surface area contributed by atoms with Crippen LogP contribution in [0, 0.1) is 24.0 Å². The summed E-state index contributed by atoms with van der Waals surface area (Å²) in [6.07, 6.45) is 1.29. The van der Waals surface area contributed by atoms with E-state index >= 15 is 0 Å². The zero-order valence-corrected chi connectivity index (χ0v) is 14.7. The minimum Gasteiger partial charge on any atom is -0.476 e. The maximum absolute atomic E-state index is 12.2. The summed E-state index contributed by atoms with van der Waals surface area (Å²) in [6, 6.07) is 12.3. The van der Waals surface area contributed by atoms with Crippen LogP contribution in [0.2, 0.25) is 0 Å². The summed E-state index contributed by atoms with van der Waals surface area (Å²) in [7, 11) is 0. The van der Waals surface area contributed by atoms with E-state index in [0.717, 1.165) is 16.9 Å². The topological polar surface area (TPSA) is 112 Å². The van der Waals surface area contributed by atoms with E-state index in [2.05, 4.69) is 15.4 Å². The van der Waals surface area contributed by atoms with Crippen LogP contribution in [0.15, 0.2) is 48.7 Å². The van der Waals surface area contributed by atoms with E-state index < -0.39 is 23.3 Å². The number of carbonyl (C=O) groups excluding carboxylic acids is 1. The summed E-state index contributed by atoms with van der Waals surface area (Å²) < 4.78 is 6.87. The number of ether oxygens (including phenoxy) is 1. The van der Waals surface area contributed by atoms with Crippen molar-refractivity contribution in [1.29, 1.82) is 0 Å². The Kier molecular flexibility index (Phi) is 5.11. The Morgan fingerprint density at radius 1 is 1.26 bits per heavy atom. The maximum Gasteiger partial charge on any atom is 0.406 e. The van der Waals surface area contributed by atoms with Crippen LogP contribution in [0.5, 0.6) is 5.75 Å². The summed E-state index contributed by atoms with van der Waals surface area (Å²) in [5, 5.41) is 18.0. The SMILES string of the molecule is Cc1ccc(-n2nc(C)cc2NC(=O)COc2cccnc2[N+](=O)[O-])cc1. The van der Waals surface area contributed by atoms with E-state index in [1.807, 2.05) is 38.1 Å². The van der Waals surface area contributed by atoms with Gasteiger partial charge >= 0.3 is 5.82 Å². The molecule has 27 heavy (non-hydrogen) atoms. The second-order valence-electron chi connectivity index (χ2n) is 5.84. The van der Waals surface area contributed by atoms with Crippen LogP contribution >= 0.6 is 0 Å². The molecule has 9 heteroatoms. The lowest BCUT2D eigenvalue weighted by atomic mass is 10.2. The number of pyridine rings is 1. The molecule has 0 radical (unpaired) electrons. The highest BCUT2D eigenvalue weighted by molar-refractivity contribution is 5.91. The van der Waals surface area contributed by atoms with Gasteiger partial charge < -0.3 is 20.2 Å². The van der Waals surface area contributed by atoms with Crippen LogP contribution in [0.1, 0.15) is 11.3 Å². The van der Waals surface area contributed by atoms with Crippen molar-refractivity contribution >= 4 is 17.5 Å². The lowest BCUT2D eigenvalue weighted by Gasteiger charge is -2.10. The molecule has 0 fully saturated rings. The molecule has 2 heterocycles. The van der Waals surface area contributed by atoms with Gasteiger partial charge in [0, 0.05) is 6.07 Å². The molecule has 9 nitrogen and oxygen atoms in total. The van der Waals surface area contributed by atoms with Gasteiger partial charge in [-0.1, -0.05) is 17.7 Å². The lowest BCUT2D eigenvalue weighted by Crippen LogP contribution is -2.22. The predicted octanol–water partition coefficient (Wildman–Crippen LogP) is 2.81. The van der Waals surface area contributed by atoms with Gasteiger partial charge in [0.25, 0.3) is 5.91 Å². The largest absolute Gasteiger partial charge is 0.476 e. The molecule has 2 aromatic heterocycles. The molecule has 0 unspecified atom stereocenters. The van der Waals surface area contributed by atoms with Gasteiger partial charge in [-0.25, -0.2) is 4.68 Å². The molecule has 3 aromatic rings. The number of hydrogen-bond donors (Lipinski definition) is 1. The standard InChI is InChI=1S/C18H17N5O4/c1-12-5-7-14(8-6-12)22-16(10-13(2)21-22)20-17(24)11-27-15-4-3-9-19-18(15)23(25)26/h3-10H,11H2,1-2H3,(H,20,24). The zero-order valence-electron chi connectivity index (χ0n) is 14.7. The number of nitrogens with zero attached hydrogens (tertiary/aromatic N) is 4. The Morgan fingerprint density at radius 3 is 2.70 bits per heavy atom. The van der Waals surface area contributed by atoms with Crippen LogP contribution in [0.25, 0.3) is 5.69 Å². The number of benzene rings is 1. The van der Waals surface area contributed by atoms with Gasteiger partial charge in [-0.15, -0.1) is 0 Å². The Balaban J connectivity index is 1.72. The molecule has 0 bridgehead atoms. The lowest BCUT2D eigenvalue weighted by molar-refractivity contribution is -0.390. The third-order valence-corrected chi connectivity index (χ3v) is 3.66. The number of hydrogen-bond acceptors (Lipinski definition) is 6. The fourth-order valence-electron chi connectivity index (χ4n) is 2.43. The average molecular weight is 367 g/mol. The van der Waals surface area contributed by atoms with Crippen LogP contribution in [0.3, 0.4) is 0 Å². The van der Waals surface area contributed by atoms with Gasteiger partial charge in [0.05, 0.1) is 11.4 Å². The van der Waals surface area contributed by atoms with Gasteiger partial charge in [0.15, 0.2) is 6.61 Å². The normalized spacial score (nSPS) is 10.4. The highest BCUT2D eigenvalue weighted by atomic mass is 16.6. The van der Waals surface area contributed by atoms with Crippen molar-refractivity contribution in [2.24, 2.45) is 0 Å². The average Bonchev–Trinajstić information content (AvgIpc) is 3.01. The minimum atomic E-state index is -0.664. The van der Waals surface area contributed by atoms with E-state index in [4.69, 9.17) is 4.74 Å². The van der Waals surface area contributed by atoms with E-state index in [-0.39, 0.29) is 5.75 Å². The first-order valence-electron chi connectivity index (χ1n) is 8.10. The Hall–Kier alpha value is -3.75. The maximum atomic E-state index is 12.2. The molecule has 1 amide bonds. The summed E-state index contributed by atoms with van der Waals surface area (Å²) in [5.41, 5.74) is 2.64. The first-order valence-corrected chi connectivity index (χ1v) is 8.10. The fourth-order valence-corrected chi connectivity index (χ4v) is 2.43. The number of nitro groups is 1. The Labute approximate surface area is 154 Å². The number of aryl methyl sites for hydroxylation is 2.